The number of aromatic hydroxyl groups is 2. The van der Waals surface area contributed by atoms with Crippen molar-refractivity contribution >= 4 is 139 Å². The van der Waals surface area contributed by atoms with Crippen LogP contribution in [0.1, 0.15) is 7.43 Å². The molecule has 90 heavy (non-hydrogen) atoms. The first kappa shape index (κ1) is 66.3. The van der Waals surface area contributed by atoms with Crippen LogP contribution in [-0.2, 0) is 47.9 Å². The Morgan fingerprint density at radius 3 is 1.80 bits per heavy atom. The van der Waals surface area contributed by atoms with Gasteiger partial charge in [0.2, 0.25) is 26.5 Å². The summed E-state index contributed by atoms with van der Waals surface area (Å²) in [6.45, 7) is -0.668. The molecule has 2 aliphatic rings. The lowest BCUT2D eigenvalue weighted by Gasteiger charge is -2.42. The van der Waals surface area contributed by atoms with Crippen molar-refractivity contribution in [3.05, 3.63) is 138 Å². The van der Waals surface area contributed by atoms with Gasteiger partial charge >= 0.3 is 17.8 Å². The second-order valence-electron chi connectivity index (χ2n) is 18.5. The minimum atomic E-state index is -4.93. The summed E-state index contributed by atoms with van der Waals surface area (Å²) in [4.78, 5) is 28.1. The molecule has 33 nitrogen and oxygen atoms in total. The van der Waals surface area contributed by atoms with Gasteiger partial charge in [0.15, 0.2) is 23.5 Å². The summed E-state index contributed by atoms with van der Waals surface area (Å²) in [5, 5.41) is 99.2. The number of aliphatic hydroxyl groups is 4. The number of pyridine rings is 1. The first-order valence-corrected chi connectivity index (χ1v) is 31.4. The van der Waals surface area contributed by atoms with Gasteiger partial charge in [-0.25, -0.2) is 26.5 Å². The number of rotatable bonds is 18. The molecular formula is C51H48Cl2N16O17S4. The van der Waals surface area contributed by atoms with Crippen LogP contribution in [0.4, 0.5) is 52.0 Å². The molecule has 0 aliphatic carbocycles. The Balaban J connectivity index is 0.000000223. The molecule has 2 fully saturated rings. The van der Waals surface area contributed by atoms with Gasteiger partial charge in [0.05, 0.1) is 73.4 Å². The van der Waals surface area contributed by atoms with Gasteiger partial charge in [0, 0.05) is 17.0 Å². The number of fused-ring (bicyclic) bond motifs is 2. The van der Waals surface area contributed by atoms with Crippen LogP contribution >= 0.6 is 45.8 Å². The largest absolute Gasteiger partial charge is 0.744 e. The zero-order valence-corrected chi connectivity index (χ0v) is 49.6. The Hall–Kier alpha value is -8.13. The average Bonchev–Trinajstić information content (AvgIpc) is 0.763. The number of nitrogens with one attached hydrogen (secondary N) is 3. The van der Waals surface area contributed by atoms with Crippen molar-refractivity contribution in [2.75, 3.05) is 28.8 Å². The predicted molar refractivity (Wildman–Crippen MR) is 321 cm³/mol. The number of ether oxygens (including phenoxy) is 1. The van der Waals surface area contributed by atoms with Crippen molar-refractivity contribution in [2.45, 2.75) is 57.7 Å². The minimum Gasteiger partial charge on any atom is -0.744 e. The van der Waals surface area contributed by atoms with E-state index in [1.807, 2.05) is 0 Å². The highest BCUT2D eigenvalue weighted by Crippen LogP contribution is 2.66. The Bertz CT molecular complexity index is 4400. The predicted octanol–water partition coefficient (Wildman–Crippen LogP) is 7.11. The van der Waals surface area contributed by atoms with Crippen molar-refractivity contribution < 1.29 is 84.4 Å². The lowest BCUT2D eigenvalue weighted by atomic mass is 9.97. The summed E-state index contributed by atoms with van der Waals surface area (Å²) >= 11 is 12.2. The van der Waals surface area contributed by atoms with E-state index in [0.29, 0.717) is 23.4 Å². The van der Waals surface area contributed by atoms with Crippen LogP contribution in [0.25, 0.3) is 27.5 Å². The molecule has 3 aromatic heterocycles. The second-order valence-corrected chi connectivity index (χ2v) is 25.1. The third kappa shape index (κ3) is 15.0. The topological polar surface area (TPSA) is 487 Å². The molecule has 13 N–H and O–H groups in total. The highest BCUT2D eigenvalue weighted by molar-refractivity contribution is 8.25. The zero-order valence-electron chi connectivity index (χ0n) is 44.9. The van der Waals surface area contributed by atoms with Crippen molar-refractivity contribution in [3.8, 4) is 17.4 Å². The molecule has 5 atom stereocenters. The number of benzene rings is 6. The number of phenolic OH excluding ortho intramolecular Hbond substituents is 2. The number of nitrogens with zero attached hydrogens (tertiary/aromatic N) is 11. The Kier molecular flexibility index (Phi) is 20.6. The Morgan fingerprint density at radius 1 is 0.711 bits per heavy atom. The molecule has 0 saturated carbocycles. The van der Waals surface area contributed by atoms with Crippen molar-refractivity contribution in [1.29, 1.82) is 0 Å². The van der Waals surface area contributed by atoms with E-state index in [2.05, 4.69) is 76.3 Å². The summed E-state index contributed by atoms with van der Waals surface area (Å²) in [5.41, 5.74) is 0.642. The number of aliphatic hydroxyl groups excluding tert-OH is 4. The van der Waals surface area contributed by atoms with E-state index in [1.165, 1.54) is 22.8 Å². The fourth-order valence-electron chi connectivity index (χ4n) is 8.57. The van der Waals surface area contributed by atoms with Gasteiger partial charge in [-0.1, -0.05) is 69.1 Å². The molecule has 0 amide bonds. The maximum absolute atomic E-state index is 12.6. The molecule has 5 heterocycles. The number of sulfonamides is 1. The molecule has 9 aromatic rings. The molecule has 0 spiro atoms. The SMILES string of the molecule is C.CS1(c2cc3cc(S(=O)(=O)[O-])cc(Nc4nc(Cl)nc(Cl)n4)c3c(O)c2N=Nc2ccccc2)OOO1.NOOSc1cc2cc(S(N)(=O)=O)cc(Nc3nc(NC4C(O)OC(CO)C(O)C4O)nc(-[n+]4ccccc4)n3)c2c(O)c1N=Nc1ccccc1. The van der Waals surface area contributed by atoms with Crippen LogP contribution in [0.3, 0.4) is 0 Å². The van der Waals surface area contributed by atoms with Crippen molar-refractivity contribution in [2.24, 2.45) is 31.5 Å². The van der Waals surface area contributed by atoms with Gasteiger partial charge in [0.1, 0.15) is 40.2 Å². The molecule has 0 bridgehead atoms. The maximum Gasteiger partial charge on any atom is 0.444 e. The molecule has 2 aliphatic heterocycles. The van der Waals surface area contributed by atoms with Crippen LogP contribution < -0.4 is 31.6 Å². The molecule has 472 valence electrons. The van der Waals surface area contributed by atoms with E-state index in [-0.39, 0.29) is 101 Å². The standard InChI is InChI=1S/C30H30N10O10S2.C20H14Cl2N6O7S2.CH4/c31-49-50-51-20-12-15-11-17(52(32,46)47)13-18(21(15)25(43)22(20)39-38-16-7-3-1-4-8-16)33-28-35-29(37-30(36-28)40-9-5-2-6-10-40)34-23-26(44)24(42)19(14-41)48-27(23)45;1-36(34-33-35-36)14-8-10-7-12(37(30,31)32)9-13(23-20-25-18(21)24-19(22)26-20)15(10)17(29)16(14)28-27-11-5-3-2-4-6-11;/h1-13,19,23-24,26-27,41-42,44-45H,14,31H2,(H4-,32,33,34,35,36,37,38,43,46,47);2-9,29H,1H3,(H,30,31,32)(H,23,24,25,26);1H4. The van der Waals surface area contributed by atoms with E-state index in [0.717, 1.165) is 18.2 Å². The number of azo groups is 2. The summed E-state index contributed by atoms with van der Waals surface area (Å²) in [6, 6.07) is 28.4. The highest BCUT2D eigenvalue weighted by atomic mass is 35.5. The van der Waals surface area contributed by atoms with Gasteiger partial charge < -0.3 is 55.9 Å². The lowest BCUT2D eigenvalue weighted by Crippen LogP contribution is -2.61. The molecule has 2 saturated heterocycles. The summed E-state index contributed by atoms with van der Waals surface area (Å²) < 4.78 is 82.9. The summed E-state index contributed by atoms with van der Waals surface area (Å²) in [6.07, 6.45) is -1.41. The molecule has 39 heteroatoms. The van der Waals surface area contributed by atoms with Crippen LogP contribution in [0.2, 0.25) is 10.6 Å². The van der Waals surface area contributed by atoms with Gasteiger partial charge in [0.25, 0.3) is 0 Å². The van der Waals surface area contributed by atoms with E-state index in [4.69, 9.17) is 52.0 Å². The highest BCUT2D eigenvalue weighted by Gasteiger charge is 2.45. The fraction of sp³-hybridized carbons (Fsp3) is 0.157. The number of hydrogen-bond donors (Lipinski definition) is 11. The van der Waals surface area contributed by atoms with E-state index < -0.39 is 84.4 Å². The fourth-order valence-corrected chi connectivity index (χ4v) is 11.7. The van der Waals surface area contributed by atoms with E-state index in [1.54, 1.807) is 97.5 Å². The van der Waals surface area contributed by atoms with Gasteiger partial charge in [-0.2, -0.15) is 31.1 Å². The quantitative estimate of drug-likeness (QED) is 0.0102. The van der Waals surface area contributed by atoms with Gasteiger partial charge in [-0.15, -0.1) is 24.5 Å². The molecule has 5 unspecified atom stereocenters. The molecular weight excluding hydrogens is 1310 g/mol. The number of primary sulfonamides is 1. The first-order valence-electron chi connectivity index (χ1n) is 25.0. The number of anilines is 5. The summed E-state index contributed by atoms with van der Waals surface area (Å²) in [7, 11) is -11.8. The third-order valence-corrected chi connectivity index (χ3v) is 17.0. The van der Waals surface area contributed by atoms with Gasteiger partial charge in [-0.3, -0.25) is 0 Å². The number of nitrogens with two attached hydrogens (primary N) is 2. The van der Waals surface area contributed by atoms with E-state index >= 15 is 0 Å². The van der Waals surface area contributed by atoms with Crippen LogP contribution in [0, 0.1) is 0 Å². The summed E-state index contributed by atoms with van der Waals surface area (Å²) in [5.74, 6) is 3.48. The first-order chi connectivity index (χ1) is 42.5. The third-order valence-electron chi connectivity index (χ3n) is 12.6. The maximum atomic E-state index is 12.6. The van der Waals surface area contributed by atoms with Crippen molar-refractivity contribution in [3.63, 3.8) is 0 Å². The number of phenols is 2. The monoisotopic (exact) mass is 1350 g/mol. The zero-order chi connectivity index (χ0) is 63.4. The van der Waals surface area contributed by atoms with Gasteiger partial charge in [-0.05, 0) is 122 Å². The Morgan fingerprint density at radius 2 is 1.24 bits per heavy atom. The van der Waals surface area contributed by atoms with Crippen LogP contribution in [0.5, 0.6) is 11.5 Å². The Labute approximate surface area is 524 Å². The van der Waals surface area contributed by atoms with Crippen molar-refractivity contribution in [1.82, 2.24) is 29.9 Å². The average molecular weight is 1360 g/mol. The normalized spacial score (nSPS) is 18.5. The second kappa shape index (κ2) is 27.9. The van der Waals surface area contributed by atoms with Crippen LogP contribution in [-0.4, -0.2) is 125 Å². The molecule has 0 radical (unpaired) electrons. The van der Waals surface area contributed by atoms with Crippen LogP contribution in [0.15, 0.2) is 168 Å². The lowest BCUT2D eigenvalue weighted by molar-refractivity contribution is -0.603. The number of halogens is 2. The molecule has 11 rings (SSSR count). The molecule has 6 aromatic carbocycles. The minimum absolute atomic E-state index is 0. The smallest absolute Gasteiger partial charge is 0.444 e. The number of aromatic nitrogens is 7. The van der Waals surface area contributed by atoms with E-state index in [9.17, 15) is 52.0 Å². The number of hydrogen-bond acceptors (Lipinski definition) is 32.